The highest BCUT2D eigenvalue weighted by Gasteiger charge is 2.26. The summed E-state index contributed by atoms with van der Waals surface area (Å²) in [7, 11) is -3.59. The minimum Gasteiger partial charge on any atom is -0.379 e. The highest BCUT2D eigenvalue weighted by Crippen LogP contribution is 2.23. The Morgan fingerprint density at radius 1 is 1.11 bits per heavy atom. The molecule has 1 N–H and O–H groups in total. The highest BCUT2D eigenvalue weighted by molar-refractivity contribution is 7.89. The lowest BCUT2D eigenvalue weighted by atomic mass is 10.0. The number of hydrogen-bond donors (Lipinski definition) is 1. The summed E-state index contributed by atoms with van der Waals surface area (Å²) in [5.41, 5.74) is 0.754. The van der Waals surface area contributed by atoms with Gasteiger partial charge in [-0.3, -0.25) is 9.69 Å². The average molecular weight is 396 g/mol. The van der Waals surface area contributed by atoms with Crippen LogP contribution in [-0.2, 0) is 19.6 Å². The van der Waals surface area contributed by atoms with Gasteiger partial charge < -0.3 is 9.64 Å². The molecule has 0 radical (unpaired) electrons. The highest BCUT2D eigenvalue weighted by atomic mass is 32.2. The van der Waals surface area contributed by atoms with Crippen molar-refractivity contribution < 1.29 is 17.9 Å². The predicted molar refractivity (Wildman–Crippen MR) is 104 cm³/mol. The zero-order chi connectivity index (χ0) is 19.4. The molecule has 0 unspecified atom stereocenters. The first-order valence-electron chi connectivity index (χ1n) is 9.60. The van der Waals surface area contributed by atoms with E-state index in [-0.39, 0.29) is 16.8 Å². The normalized spacial score (nSPS) is 20.4. The van der Waals surface area contributed by atoms with Crippen LogP contribution in [-0.4, -0.2) is 64.7 Å². The van der Waals surface area contributed by atoms with Gasteiger partial charge in [0.25, 0.3) is 0 Å². The number of ether oxygens (including phenoxy) is 1. The van der Waals surface area contributed by atoms with E-state index in [0.29, 0.717) is 38.6 Å². The van der Waals surface area contributed by atoms with E-state index in [0.717, 1.165) is 25.2 Å². The fourth-order valence-corrected chi connectivity index (χ4v) is 4.75. The molecule has 2 heterocycles. The molecular formula is C19H29N3O4S. The second-order valence-corrected chi connectivity index (χ2v) is 9.22. The number of sulfonamides is 1. The standard InChI is InChI=1S/C19H29N3O4S/c1-15(2)18(21-10-12-26-13-11-21)14-20-27(24,25)17-7-5-16(6-8-17)22-9-3-4-19(22)23/h5-8,15,18,20H,3-4,9-14H2,1-2H3/t18-/m0/s1. The van der Waals surface area contributed by atoms with E-state index >= 15 is 0 Å². The average Bonchev–Trinajstić information content (AvgIpc) is 3.08. The monoisotopic (exact) mass is 395 g/mol. The molecule has 0 spiro atoms. The van der Waals surface area contributed by atoms with Crippen LogP contribution in [0.1, 0.15) is 26.7 Å². The van der Waals surface area contributed by atoms with Crippen molar-refractivity contribution in [3.8, 4) is 0 Å². The van der Waals surface area contributed by atoms with Crippen molar-refractivity contribution in [2.45, 2.75) is 37.6 Å². The van der Waals surface area contributed by atoms with Crippen molar-refractivity contribution in [1.29, 1.82) is 0 Å². The van der Waals surface area contributed by atoms with Crippen molar-refractivity contribution in [2.75, 3.05) is 44.3 Å². The van der Waals surface area contributed by atoms with Gasteiger partial charge in [0.05, 0.1) is 18.1 Å². The topological polar surface area (TPSA) is 79.0 Å². The first kappa shape index (κ1) is 20.3. The Morgan fingerprint density at radius 3 is 2.33 bits per heavy atom. The molecule has 3 rings (SSSR count). The first-order valence-corrected chi connectivity index (χ1v) is 11.1. The van der Waals surface area contributed by atoms with Crippen LogP contribution in [0.4, 0.5) is 5.69 Å². The van der Waals surface area contributed by atoms with Crippen LogP contribution in [0.3, 0.4) is 0 Å². The molecule has 1 atom stereocenters. The Balaban J connectivity index is 1.65. The van der Waals surface area contributed by atoms with Gasteiger partial charge in [0.15, 0.2) is 0 Å². The maximum Gasteiger partial charge on any atom is 0.240 e. The third kappa shape index (κ3) is 4.87. The maximum atomic E-state index is 12.7. The van der Waals surface area contributed by atoms with Crippen LogP contribution < -0.4 is 9.62 Å². The van der Waals surface area contributed by atoms with Gasteiger partial charge in [0.2, 0.25) is 15.9 Å². The molecule has 0 bridgehead atoms. The van der Waals surface area contributed by atoms with E-state index < -0.39 is 10.0 Å². The molecule has 1 aromatic carbocycles. The van der Waals surface area contributed by atoms with Gasteiger partial charge >= 0.3 is 0 Å². The molecule has 2 aliphatic heterocycles. The number of anilines is 1. The minimum atomic E-state index is -3.59. The number of hydrogen-bond acceptors (Lipinski definition) is 5. The predicted octanol–water partition coefficient (Wildman–Crippen LogP) is 1.45. The SMILES string of the molecule is CC(C)[C@H](CNS(=O)(=O)c1ccc(N2CCCC2=O)cc1)N1CCOCC1. The molecule has 7 nitrogen and oxygen atoms in total. The number of morpholine rings is 1. The Hall–Kier alpha value is -1.48. The van der Waals surface area contributed by atoms with E-state index in [1.165, 1.54) is 0 Å². The smallest absolute Gasteiger partial charge is 0.240 e. The number of benzene rings is 1. The molecule has 27 heavy (non-hydrogen) atoms. The van der Waals surface area contributed by atoms with E-state index in [4.69, 9.17) is 4.74 Å². The molecule has 0 saturated carbocycles. The van der Waals surface area contributed by atoms with Gasteiger partial charge in [-0.05, 0) is 36.6 Å². The lowest BCUT2D eigenvalue weighted by Gasteiger charge is -2.36. The lowest BCUT2D eigenvalue weighted by molar-refractivity contribution is -0.117. The number of nitrogens with one attached hydrogen (secondary N) is 1. The minimum absolute atomic E-state index is 0.0917. The van der Waals surface area contributed by atoms with Crippen molar-refractivity contribution in [3.63, 3.8) is 0 Å². The number of carbonyl (C=O) groups is 1. The Bertz CT molecular complexity index is 743. The molecule has 8 heteroatoms. The summed E-state index contributed by atoms with van der Waals surface area (Å²) in [5.74, 6) is 0.420. The third-order valence-electron chi connectivity index (χ3n) is 5.30. The van der Waals surface area contributed by atoms with Gasteiger partial charge in [0, 0.05) is 44.3 Å². The van der Waals surface area contributed by atoms with Crippen molar-refractivity contribution in [3.05, 3.63) is 24.3 Å². The summed E-state index contributed by atoms with van der Waals surface area (Å²) < 4.78 is 33.6. The second-order valence-electron chi connectivity index (χ2n) is 7.45. The zero-order valence-corrected chi connectivity index (χ0v) is 16.9. The fourth-order valence-electron chi connectivity index (χ4n) is 3.70. The number of rotatable bonds is 7. The number of amides is 1. The van der Waals surface area contributed by atoms with Crippen molar-refractivity contribution in [2.24, 2.45) is 5.92 Å². The number of carbonyl (C=O) groups excluding carboxylic acids is 1. The molecule has 2 aliphatic rings. The van der Waals surface area contributed by atoms with E-state index in [9.17, 15) is 13.2 Å². The zero-order valence-electron chi connectivity index (χ0n) is 16.1. The van der Waals surface area contributed by atoms with Gasteiger partial charge in [-0.1, -0.05) is 13.8 Å². The van der Waals surface area contributed by atoms with Crippen LogP contribution in [0.5, 0.6) is 0 Å². The lowest BCUT2D eigenvalue weighted by Crippen LogP contribution is -2.51. The third-order valence-corrected chi connectivity index (χ3v) is 6.74. The molecule has 1 amide bonds. The summed E-state index contributed by atoms with van der Waals surface area (Å²) in [6, 6.07) is 6.69. The molecule has 150 valence electrons. The quantitative estimate of drug-likeness (QED) is 0.756. The molecule has 1 aromatic rings. The number of nitrogens with zero attached hydrogens (tertiary/aromatic N) is 2. The Labute approximate surface area is 161 Å². The summed E-state index contributed by atoms with van der Waals surface area (Å²) >= 11 is 0. The van der Waals surface area contributed by atoms with Crippen molar-refractivity contribution >= 4 is 21.6 Å². The largest absolute Gasteiger partial charge is 0.379 e. The summed E-state index contributed by atoms with van der Waals surface area (Å²) in [6.45, 7) is 8.29. The van der Waals surface area contributed by atoms with Gasteiger partial charge in [-0.25, -0.2) is 13.1 Å². The Kier molecular flexibility index (Phi) is 6.52. The molecule has 0 aromatic heterocycles. The summed E-state index contributed by atoms with van der Waals surface area (Å²) in [5, 5.41) is 0. The first-order chi connectivity index (χ1) is 12.9. The maximum absolute atomic E-state index is 12.7. The van der Waals surface area contributed by atoms with Gasteiger partial charge in [-0.15, -0.1) is 0 Å². The van der Waals surface area contributed by atoms with Crippen molar-refractivity contribution in [1.82, 2.24) is 9.62 Å². The van der Waals surface area contributed by atoms with Gasteiger partial charge in [-0.2, -0.15) is 0 Å². The van der Waals surface area contributed by atoms with Crippen LogP contribution >= 0.6 is 0 Å². The Morgan fingerprint density at radius 2 is 1.78 bits per heavy atom. The van der Waals surface area contributed by atoms with Crippen LogP contribution in [0, 0.1) is 5.92 Å². The van der Waals surface area contributed by atoms with E-state index in [1.54, 1.807) is 29.2 Å². The fraction of sp³-hybridized carbons (Fsp3) is 0.632. The second kappa shape index (κ2) is 8.68. The van der Waals surface area contributed by atoms with E-state index in [1.807, 2.05) is 0 Å². The van der Waals surface area contributed by atoms with Crippen LogP contribution in [0.15, 0.2) is 29.2 Å². The van der Waals surface area contributed by atoms with Crippen LogP contribution in [0.25, 0.3) is 0 Å². The molecule has 0 aliphatic carbocycles. The van der Waals surface area contributed by atoms with E-state index in [2.05, 4.69) is 23.5 Å². The van der Waals surface area contributed by atoms with Crippen LogP contribution in [0.2, 0.25) is 0 Å². The summed E-state index contributed by atoms with van der Waals surface area (Å²) in [6.07, 6.45) is 1.40. The summed E-state index contributed by atoms with van der Waals surface area (Å²) in [4.78, 5) is 16.1. The molecule has 2 saturated heterocycles. The van der Waals surface area contributed by atoms with Gasteiger partial charge in [0.1, 0.15) is 0 Å². The molecular weight excluding hydrogens is 366 g/mol. The molecule has 2 fully saturated rings.